The van der Waals surface area contributed by atoms with Crippen molar-refractivity contribution >= 4 is 5.69 Å². The molecule has 20 heavy (non-hydrogen) atoms. The van der Waals surface area contributed by atoms with E-state index in [2.05, 4.69) is 0 Å². The van der Waals surface area contributed by atoms with Crippen molar-refractivity contribution < 1.29 is 18.8 Å². The summed E-state index contributed by atoms with van der Waals surface area (Å²) in [6.07, 6.45) is 3.68. The van der Waals surface area contributed by atoms with Crippen molar-refractivity contribution in [3.05, 3.63) is 28.1 Å². The van der Waals surface area contributed by atoms with Crippen LogP contribution >= 0.6 is 0 Å². The Kier molecular flexibility index (Phi) is 4.08. The molecular weight excluding hydrogens is 267 g/mol. The van der Waals surface area contributed by atoms with Gasteiger partial charge in [-0.1, -0.05) is 12.8 Å². The van der Waals surface area contributed by atoms with Gasteiger partial charge in [0.05, 0.1) is 23.6 Å². The van der Waals surface area contributed by atoms with Crippen LogP contribution in [0, 0.1) is 15.9 Å². The molecule has 0 bridgehead atoms. The highest BCUT2D eigenvalue weighted by Gasteiger charge is 2.31. The fourth-order valence-corrected chi connectivity index (χ4v) is 2.38. The van der Waals surface area contributed by atoms with Crippen LogP contribution in [0.1, 0.15) is 25.7 Å². The lowest BCUT2D eigenvalue weighted by Gasteiger charge is -2.23. The quantitative estimate of drug-likeness (QED) is 0.662. The van der Waals surface area contributed by atoms with E-state index in [0.717, 1.165) is 31.7 Å². The van der Waals surface area contributed by atoms with Crippen LogP contribution in [0.5, 0.6) is 11.5 Å². The standard InChI is InChI=1S/C13H17FN2O4/c1-19-11-7-12(10(16(17)18)6-9(11)14)20-8-13(15)4-2-3-5-13/h6-7H,2-5,8,15H2,1H3. The van der Waals surface area contributed by atoms with Gasteiger partial charge in [0, 0.05) is 6.07 Å². The molecule has 0 amide bonds. The fraction of sp³-hybridized carbons (Fsp3) is 0.538. The van der Waals surface area contributed by atoms with Crippen LogP contribution < -0.4 is 15.2 Å². The summed E-state index contributed by atoms with van der Waals surface area (Å²) >= 11 is 0. The monoisotopic (exact) mass is 284 g/mol. The minimum absolute atomic E-state index is 0.0232. The van der Waals surface area contributed by atoms with E-state index in [-0.39, 0.29) is 18.1 Å². The van der Waals surface area contributed by atoms with Gasteiger partial charge in [-0.2, -0.15) is 0 Å². The van der Waals surface area contributed by atoms with E-state index in [4.69, 9.17) is 15.2 Å². The van der Waals surface area contributed by atoms with E-state index in [1.165, 1.54) is 13.2 Å². The summed E-state index contributed by atoms with van der Waals surface area (Å²) in [5.74, 6) is -0.914. The Morgan fingerprint density at radius 3 is 2.60 bits per heavy atom. The molecule has 2 N–H and O–H groups in total. The van der Waals surface area contributed by atoms with Crippen molar-refractivity contribution in [1.29, 1.82) is 0 Å². The molecule has 0 unspecified atom stereocenters. The molecule has 1 aromatic rings. The van der Waals surface area contributed by atoms with Crippen molar-refractivity contribution in [3.8, 4) is 11.5 Å². The summed E-state index contributed by atoms with van der Waals surface area (Å²) in [6.45, 7) is 0.169. The van der Waals surface area contributed by atoms with Gasteiger partial charge in [-0.05, 0) is 12.8 Å². The molecule has 0 atom stereocenters. The van der Waals surface area contributed by atoms with Gasteiger partial charge in [-0.3, -0.25) is 10.1 Å². The van der Waals surface area contributed by atoms with Gasteiger partial charge in [0.2, 0.25) is 5.75 Å². The van der Waals surface area contributed by atoms with E-state index in [1.54, 1.807) is 0 Å². The van der Waals surface area contributed by atoms with E-state index in [1.807, 2.05) is 0 Å². The number of nitrogens with zero attached hydrogens (tertiary/aromatic N) is 1. The Morgan fingerprint density at radius 1 is 1.40 bits per heavy atom. The lowest BCUT2D eigenvalue weighted by molar-refractivity contribution is -0.386. The number of nitro groups is 1. The van der Waals surface area contributed by atoms with Crippen LogP contribution in [-0.2, 0) is 0 Å². The highest BCUT2D eigenvalue weighted by molar-refractivity contribution is 5.51. The molecule has 1 aliphatic carbocycles. The number of nitro benzene ring substituents is 1. The van der Waals surface area contributed by atoms with Crippen LogP contribution in [0.3, 0.4) is 0 Å². The summed E-state index contributed by atoms with van der Waals surface area (Å²) in [5.41, 5.74) is 5.24. The average molecular weight is 284 g/mol. The Hall–Kier alpha value is -1.89. The van der Waals surface area contributed by atoms with Gasteiger partial charge in [0.25, 0.3) is 0 Å². The smallest absolute Gasteiger partial charge is 0.314 e. The third-order valence-electron chi connectivity index (χ3n) is 3.54. The number of ether oxygens (including phenoxy) is 2. The number of hydrogen-bond acceptors (Lipinski definition) is 5. The number of halogens is 1. The van der Waals surface area contributed by atoms with Crippen LogP contribution in [0.2, 0.25) is 0 Å². The second kappa shape index (κ2) is 5.62. The van der Waals surface area contributed by atoms with Gasteiger partial charge >= 0.3 is 5.69 Å². The number of methoxy groups -OCH3 is 1. The molecule has 1 aromatic carbocycles. The highest BCUT2D eigenvalue weighted by Crippen LogP contribution is 2.35. The normalized spacial score (nSPS) is 16.9. The minimum Gasteiger partial charge on any atom is -0.494 e. The van der Waals surface area contributed by atoms with Crippen molar-refractivity contribution in [1.82, 2.24) is 0 Å². The molecule has 1 fully saturated rings. The highest BCUT2D eigenvalue weighted by atomic mass is 19.1. The molecule has 0 spiro atoms. The molecule has 1 saturated carbocycles. The minimum atomic E-state index is -0.796. The number of rotatable bonds is 5. The van der Waals surface area contributed by atoms with E-state index >= 15 is 0 Å². The molecule has 2 rings (SSSR count). The molecule has 1 aliphatic rings. The molecule has 110 valence electrons. The maximum absolute atomic E-state index is 13.5. The van der Waals surface area contributed by atoms with Gasteiger partial charge in [0.1, 0.15) is 6.61 Å². The van der Waals surface area contributed by atoms with Gasteiger partial charge in [-0.15, -0.1) is 0 Å². The first-order valence-electron chi connectivity index (χ1n) is 6.39. The third kappa shape index (κ3) is 2.98. The third-order valence-corrected chi connectivity index (χ3v) is 3.54. The zero-order chi connectivity index (χ0) is 14.8. The first kappa shape index (κ1) is 14.5. The number of hydrogen-bond donors (Lipinski definition) is 1. The van der Waals surface area contributed by atoms with Crippen LogP contribution in [0.4, 0.5) is 10.1 Å². The molecule has 0 heterocycles. The summed E-state index contributed by atoms with van der Waals surface area (Å²) in [6, 6.07) is 1.98. The Balaban J connectivity index is 2.22. The molecule has 7 heteroatoms. The Morgan fingerprint density at radius 2 is 2.05 bits per heavy atom. The number of nitrogens with two attached hydrogens (primary N) is 1. The van der Waals surface area contributed by atoms with Crippen molar-refractivity contribution in [2.75, 3.05) is 13.7 Å². The van der Waals surface area contributed by atoms with E-state index in [9.17, 15) is 14.5 Å². The molecule has 6 nitrogen and oxygen atoms in total. The second-order valence-electron chi connectivity index (χ2n) is 5.07. The fourth-order valence-electron chi connectivity index (χ4n) is 2.38. The lowest BCUT2D eigenvalue weighted by Crippen LogP contribution is -2.42. The molecule has 0 aliphatic heterocycles. The van der Waals surface area contributed by atoms with Crippen molar-refractivity contribution in [2.45, 2.75) is 31.2 Å². The lowest BCUT2D eigenvalue weighted by atomic mass is 10.0. The summed E-state index contributed by atoms with van der Waals surface area (Å²) < 4.78 is 23.8. The van der Waals surface area contributed by atoms with Crippen LogP contribution in [-0.4, -0.2) is 24.2 Å². The van der Waals surface area contributed by atoms with Crippen LogP contribution in [0.15, 0.2) is 12.1 Å². The topological polar surface area (TPSA) is 87.6 Å². The summed E-state index contributed by atoms with van der Waals surface area (Å²) in [5, 5.41) is 10.9. The number of benzene rings is 1. The predicted octanol–water partition coefficient (Wildman–Crippen LogP) is 2.39. The second-order valence-corrected chi connectivity index (χ2v) is 5.07. The summed E-state index contributed by atoms with van der Waals surface area (Å²) in [4.78, 5) is 10.3. The summed E-state index contributed by atoms with van der Waals surface area (Å²) in [7, 11) is 1.29. The van der Waals surface area contributed by atoms with E-state index in [0.29, 0.717) is 0 Å². The van der Waals surface area contributed by atoms with Gasteiger partial charge in [-0.25, -0.2) is 4.39 Å². The maximum atomic E-state index is 13.5. The van der Waals surface area contributed by atoms with Crippen molar-refractivity contribution in [2.24, 2.45) is 5.73 Å². The first-order chi connectivity index (χ1) is 9.45. The van der Waals surface area contributed by atoms with Gasteiger partial charge in [0.15, 0.2) is 11.6 Å². The zero-order valence-corrected chi connectivity index (χ0v) is 11.2. The average Bonchev–Trinajstić information content (AvgIpc) is 2.84. The van der Waals surface area contributed by atoms with Crippen molar-refractivity contribution in [3.63, 3.8) is 0 Å². The maximum Gasteiger partial charge on any atom is 0.314 e. The van der Waals surface area contributed by atoms with Gasteiger partial charge < -0.3 is 15.2 Å². The molecular formula is C13H17FN2O4. The molecule has 0 radical (unpaired) electrons. The van der Waals surface area contributed by atoms with Crippen LogP contribution in [0.25, 0.3) is 0 Å². The molecule has 0 saturated heterocycles. The largest absolute Gasteiger partial charge is 0.494 e. The SMILES string of the molecule is COc1cc(OCC2(N)CCCC2)c([N+](=O)[O-])cc1F. The molecule has 0 aromatic heterocycles. The van der Waals surface area contributed by atoms with E-state index < -0.39 is 22.0 Å². The Labute approximate surface area is 115 Å². The predicted molar refractivity (Wildman–Crippen MR) is 70.5 cm³/mol. The zero-order valence-electron chi connectivity index (χ0n) is 11.2. The first-order valence-corrected chi connectivity index (χ1v) is 6.39. The Bertz CT molecular complexity index is 515.